The van der Waals surface area contributed by atoms with E-state index in [1.165, 1.54) is 11.1 Å². The lowest BCUT2D eigenvalue weighted by Crippen LogP contribution is -2.39. The van der Waals surface area contributed by atoms with Crippen molar-refractivity contribution in [3.8, 4) is 0 Å². The summed E-state index contributed by atoms with van der Waals surface area (Å²) in [6, 6.07) is 10.1. The SMILES string of the molecule is COCCN(C(=S)Nc1cccc(C)c1C)[C@H](C)c1ccco1. The van der Waals surface area contributed by atoms with Crippen molar-refractivity contribution in [3.05, 3.63) is 53.5 Å². The highest BCUT2D eigenvalue weighted by atomic mass is 32.1. The molecule has 1 aromatic heterocycles. The quantitative estimate of drug-likeness (QED) is 0.798. The van der Waals surface area contributed by atoms with Crippen molar-refractivity contribution in [2.75, 3.05) is 25.6 Å². The molecule has 0 aliphatic heterocycles. The summed E-state index contributed by atoms with van der Waals surface area (Å²) in [6.45, 7) is 7.55. The third-order valence-electron chi connectivity index (χ3n) is 4.07. The Kier molecular flexibility index (Phi) is 6.19. The van der Waals surface area contributed by atoms with Crippen LogP contribution in [0, 0.1) is 13.8 Å². The maximum absolute atomic E-state index is 5.64. The molecule has 4 nitrogen and oxygen atoms in total. The molecule has 5 heteroatoms. The van der Waals surface area contributed by atoms with Crippen molar-refractivity contribution in [2.24, 2.45) is 0 Å². The number of aryl methyl sites for hydroxylation is 1. The predicted octanol–water partition coefficient (Wildman–Crippen LogP) is 4.30. The van der Waals surface area contributed by atoms with Gasteiger partial charge in [0.05, 0.1) is 18.9 Å². The minimum Gasteiger partial charge on any atom is -0.467 e. The van der Waals surface area contributed by atoms with Crippen LogP contribution in [0.3, 0.4) is 0 Å². The van der Waals surface area contributed by atoms with Crippen LogP contribution < -0.4 is 5.32 Å². The maximum atomic E-state index is 5.64. The first-order valence-corrected chi connectivity index (χ1v) is 8.11. The molecule has 0 aliphatic rings. The van der Waals surface area contributed by atoms with Crippen molar-refractivity contribution in [1.29, 1.82) is 0 Å². The van der Waals surface area contributed by atoms with Crippen LogP contribution >= 0.6 is 12.2 Å². The highest BCUT2D eigenvalue weighted by Gasteiger charge is 2.21. The van der Waals surface area contributed by atoms with E-state index in [-0.39, 0.29) is 6.04 Å². The summed E-state index contributed by atoms with van der Waals surface area (Å²) in [5, 5.41) is 4.03. The van der Waals surface area contributed by atoms with Crippen molar-refractivity contribution in [1.82, 2.24) is 4.90 Å². The van der Waals surface area contributed by atoms with Crippen LogP contribution in [-0.4, -0.2) is 30.3 Å². The molecule has 0 unspecified atom stereocenters. The summed E-state index contributed by atoms with van der Waals surface area (Å²) in [7, 11) is 1.69. The van der Waals surface area contributed by atoms with Gasteiger partial charge < -0.3 is 19.4 Å². The van der Waals surface area contributed by atoms with Gasteiger partial charge in [0.25, 0.3) is 0 Å². The molecule has 124 valence electrons. The standard InChI is InChI=1S/C18H24N2O2S/c1-13-7-5-8-16(14(13)2)19-18(23)20(10-12-21-4)15(3)17-9-6-11-22-17/h5-9,11,15H,10,12H2,1-4H3,(H,19,23)/t15-/m1/s1. The van der Waals surface area contributed by atoms with Gasteiger partial charge in [-0.1, -0.05) is 12.1 Å². The van der Waals surface area contributed by atoms with Crippen LogP contribution in [0.2, 0.25) is 0 Å². The van der Waals surface area contributed by atoms with Crippen molar-refractivity contribution < 1.29 is 9.15 Å². The summed E-state index contributed by atoms with van der Waals surface area (Å²) >= 11 is 5.64. The smallest absolute Gasteiger partial charge is 0.174 e. The fraction of sp³-hybridized carbons (Fsp3) is 0.389. The van der Waals surface area contributed by atoms with Crippen LogP contribution in [0.25, 0.3) is 0 Å². The number of furan rings is 1. The molecular formula is C18H24N2O2S. The lowest BCUT2D eigenvalue weighted by Gasteiger charge is -2.31. The number of nitrogens with zero attached hydrogens (tertiary/aromatic N) is 1. The number of hydrogen-bond donors (Lipinski definition) is 1. The lowest BCUT2D eigenvalue weighted by molar-refractivity contribution is 0.160. The Bertz CT molecular complexity index is 640. The zero-order valence-electron chi connectivity index (χ0n) is 14.1. The number of hydrogen-bond acceptors (Lipinski definition) is 3. The molecule has 1 N–H and O–H groups in total. The van der Waals surface area contributed by atoms with E-state index in [0.717, 1.165) is 11.4 Å². The predicted molar refractivity (Wildman–Crippen MR) is 97.8 cm³/mol. The van der Waals surface area contributed by atoms with E-state index < -0.39 is 0 Å². The number of benzene rings is 1. The Morgan fingerprint density at radius 3 is 2.74 bits per heavy atom. The molecule has 0 aliphatic carbocycles. The molecule has 2 rings (SSSR count). The molecule has 1 aromatic carbocycles. The van der Waals surface area contributed by atoms with E-state index in [1.54, 1.807) is 13.4 Å². The Balaban J connectivity index is 2.17. The zero-order valence-corrected chi connectivity index (χ0v) is 14.9. The second-order valence-corrected chi connectivity index (χ2v) is 5.94. The summed E-state index contributed by atoms with van der Waals surface area (Å²) in [5.74, 6) is 0.881. The number of nitrogens with one attached hydrogen (secondary N) is 1. The molecule has 0 fully saturated rings. The van der Waals surface area contributed by atoms with Gasteiger partial charge in [0.1, 0.15) is 5.76 Å². The van der Waals surface area contributed by atoms with Gasteiger partial charge >= 0.3 is 0 Å². The van der Waals surface area contributed by atoms with E-state index in [0.29, 0.717) is 18.3 Å². The van der Waals surface area contributed by atoms with Gasteiger partial charge in [-0.05, 0) is 62.3 Å². The topological polar surface area (TPSA) is 37.6 Å². The van der Waals surface area contributed by atoms with E-state index >= 15 is 0 Å². The first-order valence-electron chi connectivity index (χ1n) is 7.70. The first-order chi connectivity index (χ1) is 11.0. The number of rotatable bonds is 6. The highest BCUT2D eigenvalue weighted by Crippen LogP contribution is 2.23. The Hall–Kier alpha value is -1.85. The Morgan fingerprint density at radius 2 is 2.09 bits per heavy atom. The fourth-order valence-corrected chi connectivity index (χ4v) is 2.78. The molecule has 0 bridgehead atoms. The van der Waals surface area contributed by atoms with Gasteiger partial charge in [0, 0.05) is 19.3 Å². The van der Waals surface area contributed by atoms with Crippen LogP contribution in [-0.2, 0) is 4.74 Å². The van der Waals surface area contributed by atoms with E-state index in [2.05, 4.69) is 37.1 Å². The van der Waals surface area contributed by atoms with Gasteiger partial charge in [-0.3, -0.25) is 0 Å². The van der Waals surface area contributed by atoms with Crippen LogP contribution in [0.15, 0.2) is 41.0 Å². The van der Waals surface area contributed by atoms with Crippen molar-refractivity contribution in [3.63, 3.8) is 0 Å². The lowest BCUT2D eigenvalue weighted by atomic mass is 10.1. The molecule has 0 spiro atoms. The third kappa shape index (κ3) is 4.33. The molecule has 0 radical (unpaired) electrons. The number of anilines is 1. The first kappa shape index (κ1) is 17.5. The van der Waals surface area contributed by atoms with Gasteiger partial charge in [0.15, 0.2) is 5.11 Å². The van der Waals surface area contributed by atoms with Crippen molar-refractivity contribution >= 4 is 23.0 Å². The van der Waals surface area contributed by atoms with E-state index in [4.69, 9.17) is 21.4 Å². The summed E-state index contributed by atoms with van der Waals surface area (Å²) in [4.78, 5) is 2.08. The van der Waals surface area contributed by atoms with Crippen molar-refractivity contribution in [2.45, 2.75) is 26.8 Å². The van der Waals surface area contributed by atoms with E-state index in [1.807, 2.05) is 24.3 Å². The van der Waals surface area contributed by atoms with Gasteiger partial charge in [-0.25, -0.2) is 0 Å². The highest BCUT2D eigenvalue weighted by molar-refractivity contribution is 7.80. The van der Waals surface area contributed by atoms with Crippen LogP contribution in [0.4, 0.5) is 5.69 Å². The summed E-state index contributed by atoms with van der Waals surface area (Å²) < 4.78 is 10.8. The third-order valence-corrected chi connectivity index (χ3v) is 4.40. The molecule has 2 aromatic rings. The number of methoxy groups -OCH3 is 1. The Labute approximate surface area is 143 Å². The molecule has 1 heterocycles. The van der Waals surface area contributed by atoms with Gasteiger partial charge in [-0.2, -0.15) is 0 Å². The maximum Gasteiger partial charge on any atom is 0.174 e. The molecule has 0 saturated heterocycles. The summed E-state index contributed by atoms with van der Waals surface area (Å²) in [6.07, 6.45) is 1.68. The molecule has 0 saturated carbocycles. The second-order valence-electron chi connectivity index (χ2n) is 5.56. The average Bonchev–Trinajstić information content (AvgIpc) is 3.06. The molecule has 1 atom stereocenters. The van der Waals surface area contributed by atoms with Gasteiger partial charge in [-0.15, -0.1) is 0 Å². The largest absolute Gasteiger partial charge is 0.467 e. The zero-order chi connectivity index (χ0) is 16.8. The number of ether oxygens (including phenoxy) is 1. The summed E-state index contributed by atoms with van der Waals surface area (Å²) in [5.41, 5.74) is 3.47. The van der Waals surface area contributed by atoms with E-state index in [9.17, 15) is 0 Å². The minimum atomic E-state index is 0.0327. The molecular weight excluding hydrogens is 308 g/mol. The monoisotopic (exact) mass is 332 g/mol. The second kappa shape index (κ2) is 8.13. The molecule has 0 amide bonds. The van der Waals surface area contributed by atoms with Gasteiger partial charge in [0.2, 0.25) is 0 Å². The average molecular weight is 332 g/mol. The number of thiocarbonyl (C=S) groups is 1. The van der Waals surface area contributed by atoms with Crippen LogP contribution in [0.1, 0.15) is 29.9 Å². The fourth-order valence-electron chi connectivity index (χ4n) is 2.42. The molecule has 23 heavy (non-hydrogen) atoms. The Morgan fingerprint density at radius 1 is 1.30 bits per heavy atom. The minimum absolute atomic E-state index is 0.0327. The van der Waals surface area contributed by atoms with Crippen LogP contribution in [0.5, 0.6) is 0 Å². The normalized spacial score (nSPS) is 12.0.